The molecule has 0 nitrogen and oxygen atoms in total. The molecule has 0 bridgehead atoms. The second kappa shape index (κ2) is 22.6. The number of halogens is 5. The van der Waals surface area contributed by atoms with Gasteiger partial charge in [-0.1, -0.05) is 110 Å². The molecule has 0 saturated carbocycles. The Morgan fingerprint density at radius 1 is 0.559 bits per heavy atom. The second-order valence-corrected chi connectivity index (χ2v) is 10.2. The molecule has 204 valence electrons. The average Bonchev–Trinajstić information content (AvgIpc) is 2.75. The van der Waals surface area contributed by atoms with E-state index in [9.17, 15) is 22.0 Å². The van der Waals surface area contributed by atoms with Crippen molar-refractivity contribution >= 4 is 0 Å². The van der Waals surface area contributed by atoms with Crippen molar-refractivity contribution < 1.29 is 22.0 Å². The van der Waals surface area contributed by atoms with Crippen molar-refractivity contribution in [3.63, 3.8) is 0 Å². The quantitative estimate of drug-likeness (QED) is 0.0842. The highest BCUT2D eigenvalue weighted by Gasteiger charge is 2.56. The van der Waals surface area contributed by atoms with Gasteiger partial charge in [0, 0.05) is 6.42 Å². The van der Waals surface area contributed by atoms with Crippen LogP contribution in [0.2, 0.25) is 0 Å². The maximum atomic E-state index is 12.7. The Balaban J connectivity index is 0. The molecule has 0 aliphatic rings. The zero-order valence-electron chi connectivity index (χ0n) is 22.3. The number of allylic oxidation sites excluding steroid dienone is 2. The Morgan fingerprint density at radius 2 is 0.941 bits per heavy atom. The van der Waals surface area contributed by atoms with E-state index in [0.717, 1.165) is 31.6 Å². The molecule has 1 unspecified atom stereocenters. The predicted molar refractivity (Wildman–Crippen MR) is 139 cm³/mol. The molecule has 0 rings (SSSR count). The molecule has 0 heterocycles. The van der Waals surface area contributed by atoms with Crippen molar-refractivity contribution in [1.82, 2.24) is 0 Å². The molecule has 34 heavy (non-hydrogen) atoms. The van der Waals surface area contributed by atoms with Crippen LogP contribution in [0.25, 0.3) is 0 Å². The van der Waals surface area contributed by atoms with Crippen molar-refractivity contribution in [2.24, 2.45) is 11.8 Å². The lowest BCUT2D eigenvalue weighted by atomic mass is 9.96. The SMILES string of the molecule is C=CCCCCCCC(C)C.C=CCCCCCCC(C)CCCCCCC(F)(F)C(F)(F)F. The summed E-state index contributed by atoms with van der Waals surface area (Å²) < 4.78 is 61.3. The average molecular weight is 497 g/mol. The molecule has 0 aromatic heterocycles. The summed E-state index contributed by atoms with van der Waals surface area (Å²) in [7, 11) is 0. The Bertz CT molecular complexity index is 454. The number of hydrogen-bond acceptors (Lipinski definition) is 0. The summed E-state index contributed by atoms with van der Waals surface area (Å²) in [5.74, 6) is -3.05. The van der Waals surface area contributed by atoms with E-state index >= 15 is 0 Å². The lowest BCUT2D eigenvalue weighted by Crippen LogP contribution is -2.36. The van der Waals surface area contributed by atoms with E-state index in [4.69, 9.17) is 0 Å². The first-order chi connectivity index (χ1) is 16.0. The van der Waals surface area contributed by atoms with Gasteiger partial charge < -0.3 is 0 Å². The first-order valence-electron chi connectivity index (χ1n) is 13.6. The van der Waals surface area contributed by atoms with Crippen molar-refractivity contribution in [1.29, 1.82) is 0 Å². The van der Waals surface area contributed by atoms with E-state index in [-0.39, 0.29) is 6.42 Å². The maximum Gasteiger partial charge on any atom is 0.453 e. The van der Waals surface area contributed by atoms with Gasteiger partial charge in [-0.2, -0.15) is 22.0 Å². The third-order valence-electron chi connectivity index (χ3n) is 6.15. The van der Waals surface area contributed by atoms with E-state index in [1.165, 1.54) is 70.6 Å². The van der Waals surface area contributed by atoms with Gasteiger partial charge in [0.2, 0.25) is 0 Å². The summed E-state index contributed by atoms with van der Waals surface area (Å²) in [5, 5.41) is 0. The monoisotopic (exact) mass is 496 g/mol. The largest absolute Gasteiger partial charge is 0.453 e. The molecule has 0 aromatic carbocycles. The van der Waals surface area contributed by atoms with Crippen molar-refractivity contribution in [2.75, 3.05) is 0 Å². The molecular formula is C29H53F5. The zero-order chi connectivity index (χ0) is 26.3. The summed E-state index contributed by atoms with van der Waals surface area (Å²) in [6, 6.07) is 0. The molecule has 1 atom stereocenters. The summed E-state index contributed by atoms with van der Waals surface area (Å²) in [4.78, 5) is 0. The third kappa shape index (κ3) is 24.3. The van der Waals surface area contributed by atoms with Gasteiger partial charge in [-0.15, -0.1) is 13.2 Å². The molecule has 0 fully saturated rings. The molecule has 0 amide bonds. The fourth-order valence-corrected chi connectivity index (χ4v) is 3.81. The van der Waals surface area contributed by atoms with E-state index < -0.39 is 18.5 Å². The molecule has 0 radical (unpaired) electrons. The minimum atomic E-state index is -5.41. The van der Waals surface area contributed by atoms with Crippen molar-refractivity contribution in [2.45, 2.75) is 148 Å². The minimum absolute atomic E-state index is 0.0653. The summed E-state index contributed by atoms with van der Waals surface area (Å²) in [6.07, 6.45) is 15.7. The normalized spacial score (nSPS) is 12.9. The number of alkyl halides is 5. The molecule has 0 saturated heterocycles. The van der Waals surface area contributed by atoms with Crippen LogP contribution in [0.15, 0.2) is 25.3 Å². The first kappa shape index (κ1) is 35.3. The van der Waals surface area contributed by atoms with Gasteiger partial charge in [0.1, 0.15) is 0 Å². The summed E-state index contributed by atoms with van der Waals surface area (Å²) in [6.45, 7) is 14.2. The molecule has 5 heteroatoms. The predicted octanol–water partition coefficient (Wildman–Crippen LogP) is 11.9. The van der Waals surface area contributed by atoms with Crippen LogP contribution in [0.3, 0.4) is 0 Å². The lowest BCUT2D eigenvalue weighted by Gasteiger charge is -2.19. The Morgan fingerprint density at radius 3 is 1.32 bits per heavy atom. The lowest BCUT2D eigenvalue weighted by molar-refractivity contribution is -0.284. The minimum Gasteiger partial charge on any atom is -0.196 e. The van der Waals surface area contributed by atoms with Crippen LogP contribution in [-0.4, -0.2) is 12.1 Å². The standard InChI is InChI=1S/C18H31F5.C11H22/c1-3-4-5-6-7-10-13-16(2)14-11-8-9-12-15-17(19,20)18(21,22)23;1-4-5-6-7-8-9-10-11(2)3/h3,16H,1,4-15H2,2H3;4,11H,1,5-10H2,2-3H3. The second-order valence-electron chi connectivity index (χ2n) is 10.2. The van der Waals surface area contributed by atoms with Crippen LogP contribution in [0.1, 0.15) is 136 Å². The molecule has 0 N–H and O–H groups in total. The molecule has 0 aliphatic heterocycles. The van der Waals surface area contributed by atoms with E-state index in [1.54, 1.807) is 0 Å². The molecular weight excluding hydrogens is 443 g/mol. The Kier molecular flexibility index (Phi) is 23.4. The summed E-state index contributed by atoms with van der Waals surface area (Å²) >= 11 is 0. The topological polar surface area (TPSA) is 0 Å². The number of rotatable bonds is 21. The van der Waals surface area contributed by atoms with Gasteiger partial charge in [-0.05, 0) is 43.9 Å². The highest BCUT2D eigenvalue weighted by atomic mass is 19.4. The van der Waals surface area contributed by atoms with Crippen LogP contribution in [0.4, 0.5) is 22.0 Å². The van der Waals surface area contributed by atoms with Gasteiger partial charge in [-0.25, -0.2) is 0 Å². The van der Waals surface area contributed by atoms with E-state index in [1.807, 2.05) is 12.2 Å². The van der Waals surface area contributed by atoms with Crippen LogP contribution in [0, 0.1) is 11.8 Å². The third-order valence-corrected chi connectivity index (χ3v) is 6.15. The Hall–Kier alpha value is -0.870. The maximum absolute atomic E-state index is 12.7. The van der Waals surface area contributed by atoms with Crippen LogP contribution >= 0.6 is 0 Å². The van der Waals surface area contributed by atoms with Crippen LogP contribution in [0.5, 0.6) is 0 Å². The van der Waals surface area contributed by atoms with Gasteiger partial charge in [0.25, 0.3) is 0 Å². The van der Waals surface area contributed by atoms with Gasteiger partial charge >= 0.3 is 12.1 Å². The smallest absolute Gasteiger partial charge is 0.196 e. The van der Waals surface area contributed by atoms with E-state index in [0.29, 0.717) is 12.3 Å². The van der Waals surface area contributed by atoms with Crippen LogP contribution in [-0.2, 0) is 0 Å². The number of hydrogen-bond donors (Lipinski definition) is 0. The number of unbranched alkanes of at least 4 members (excludes halogenated alkanes) is 11. The zero-order valence-corrected chi connectivity index (χ0v) is 22.3. The Labute approximate surface area is 207 Å². The highest BCUT2D eigenvalue weighted by Crippen LogP contribution is 2.39. The highest BCUT2D eigenvalue weighted by molar-refractivity contribution is 4.75. The van der Waals surface area contributed by atoms with Gasteiger partial charge in [-0.3, -0.25) is 0 Å². The van der Waals surface area contributed by atoms with Crippen molar-refractivity contribution in [3.8, 4) is 0 Å². The summed E-state index contributed by atoms with van der Waals surface area (Å²) in [5.41, 5.74) is 0. The molecule has 0 aromatic rings. The van der Waals surface area contributed by atoms with Gasteiger partial charge in [0.15, 0.2) is 0 Å². The van der Waals surface area contributed by atoms with Crippen molar-refractivity contribution in [3.05, 3.63) is 25.3 Å². The van der Waals surface area contributed by atoms with Crippen LogP contribution < -0.4 is 0 Å². The van der Waals surface area contributed by atoms with Gasteiger partial charge in [0.05, 0.1) is 0 Å². The molecule has 0 spiro atoms. The fraction of sp³-hybridized carbons (Fsp3) is 0.862. The molecule has 0 aliphatic carbocycles. The van der Waals surface area contributed by atoms with E-state index in [2.05, 4.69) is 33.9 Å². The first-order valence-corrected chi connectivity index (χ1v) is 13.6. The fourth-order valence-electron chi connectivity index (χ4n) is 3.81.